The molecule has 7 nitrogen and oxygen atoms in total. The number of sulfonamides is 1. The van der Waals surface area contributed by atoms with Crippen molar-refractivity contribution < 1.29 is 18.0 Å². The molecule has 2 atom stereocenters. The van der Waals surface area contributed by atoms with Crippen molar-refractivity contribution in [2.24, 2.45) is 0 Å². The number of halogens is 1. The van der Waals surface area contributed by atoms with Crippen LogP contribution in [0.4, 0.5) is 5.69 Å². The zero-order valence-corrected chi connectivity index (χ0v) is 22.2. The number of anilines is 1. The van der Waals surface area contributed by atoms with Crippen LogP contribution in [-0.4, -0.2) is 50.0 Å². The van der Waals surface area contributed by atoms with Gasteiger partial charge < -0.3 is 10.2 Å². The summed E-state index contributed by atoms with van der Waals surface area (Å²) in [6, 6.07) is 11.4. The molecule has 1 N–H and O–H groups in total. The van der Waals surface area contributed by atoms with E-state index in [1.807, 2.05) is 33.8 Å². The molecular formula is C25H34ClN3O4S. The summed E-state index contributed by atoms with van der Waals surface area (Å²) in [6.07, 6.45) is 1.82. The van der Waals surface area contributed by atoms with E-state index in [0.29, 0.717) is 10.7 Å². The molecule has 2 aromatic rings. The lowest BCUT2D eigenvalue weighted by atomic mass is 10.1. The first-order valence-corrected chi connectivity index (χ1v) is 13.4. The summed E-state index contributed by atoms with van der Waals surface area (Å²) in [4.78, 5) is 27.8. The second-order valence-corrected chi connectivity index (χ2v) is 11.0. The highest BCUT2D eigenvalue weighted by atomic mass is 35.5. The summed E-state index contributed by atoms with van der Waals surface area (Å²) in [7, 11) is -3.76. The minimum Gasteiger partial charge on any atom is -0.352 e. The topological polar surface area (TPSA) is 86.8 Å². The second-order valence-electron chi connectivity index (χ2n) is 8.68. The molecule has 0 spiro atoms. The van der Waals surface area contributed by atoms with Gasteiger partial charge in [0, 0.05) is 17.6 Å². The molecule has 0 aliphatic heterocycles. The summed E-state index contributed by atoms with van der Waals surface area (Å²) in [5.41, 5.74) is 3.11. The molecular weight excluding hydrogens is 474 g/mol. The number of hydrogen-bond donors (Lipinski definition) is 1. The normalized spacial score (nSPS) is 13.1. The average molecular weight is 508 g/mol. The Morgan fingerprint density at radius 2 is 1.65 bits per heavy atom. The SMILES string of the molecule is CC[C@@H](C)NC(=O)[C@@H](C)N(Cc1ccc(Cl)cc1)C(=O)CN(c1ccc(C)c(C)c1)S(C)(=O)=O. The van der Waals surface area contributed by atoms with Crippen LogP contribution < -0.4 is 9.62 Å². The Bertz CT molecular complexity index is 1120. The molecule has 0 aliphatic carbocycles. The number of nitrogens with one attached hydrogen (secondary N) is 1. The molecule has 0 saturated heterocycles. The van der Waals surface area contributed by atoms with E-state index in [4.69, 9.17) is 11.6 Å². The van der Waals surface area contributed by atoms with Gasteiger partial charge >= 0.3 is 0 Å². The minimum absolute atomic E-state index is 0.0505. The molecule has 2 amide bonds. The molecule has 2 aromatic carbocycles. The maximum Gasteiger partial charge on any atom is 0.244 e. The molecule has 0 saturated carbocycles. The lowest BCUT2D eigenvalue weighted by Gasteiger charge is -2.32. The summed E-state index contributed by atoms with van der Waals surface area (Å²) in [6.45, 7) is 9.02. The molecule has 0 bridgehead atoms. The van der Waals surface area contributed by atoms with Gasteiger partial charge in [-0.15, -0.1) is 0 Å². The first kappa shape index (κ1) is 27.7. The maximum atomic E-state index is 13.5. The summed E-state index contributed by atoms with van der Waals surface area (Å²) < 4.78 is 26.3. The standard InChI is InChI=1S/C25H34ClN3O4S/c1-7-19(4)27-25(31)20(5)28(15-21-9-11-22(26)12-10-21)24(30)16-29(34(6,32)33)23-13-8-17(2)18(3)14-23/h8-14,19-20H,7,15-16H2,1-6H3,(H,27,31)/t19-,20-/m1/s1. The van der Waals surface area contributed by atoms with Crippen LogP contribution in [0, 0.1) is 13.8 Å². The van der Waals surface area contributed by atoms with Crippen molar-refractivity contribution in [3.8, 4) is 0 Å². The Hall–Kier alpha value is -2.58. The largest absolute Gasteiger partial charge is 0.352 e. The van der Waals surface area contributed by atoms with Crippen LogP contribution in [0.1, 0.15) is 43.9 Å². The Morgan fingerprint density at radius 1 is 1.03 bits per heavy atom. The first-order chi connectivity index (χ1) is 15.8. The van der Waals surface area contributed by atoms with E-state index in [9.17, 15) is 18.0 Å². The van der Waals surface area contributed by atoms with Crippen molar-refractivity contribution >= 4 is 39.1 Å². The molecule has 0 aromatic heterocycles. The van der Waals surface area contributed by atoms with Crippen molar-refractivity contribution in [3.05, 3.63) is 64.2 Å². The summed E-state index contributed by atoms with van der Waals surface area (Å²) in [5, 5.41) is 3.46. The molecule has 0 heterocycles. The predicted molar refractivity (Wildman–Crippen MR) is 137 cm³/mol. The van der Waals surface area contributed by atoms with Gasteiger partial charge in [-0.2, -0.15) is 0 Å². The predicted octanol–water partition coefficient (Wildman–Crippen LogP) is 4.05. The van der Waals surface area contributed by atoms with Gasteiger partial charge in [0.05, 0.1) is 11.9 Å². The lowest BCUT2D eigenvalue weighted by molar-refractivity contribution is -0.139. The van der Waals surface area contributed by atoms with Crippen LogP contribution in [0.25, 0.3) is 0 Å². The molecule has 0 unspecified atom stereocenters. The monoisotopic (exact) mass is 507 g/mol. The quantitative estimate of drug-likeness (QED) is 0.525. The number of rotatable bonds is 10. The zero-order chi connectivity index (χ0) is 25.6. The van der Waals surface area contributed by atoms with Gasteiger partial charge in [-0.1, -0.05) is 36.7 Å². The Kier molecular flexibility index (Phi) is 9.53. The average Bonchev–Trinajstić information content (AvgIpc) is 2.77. The fourth-order valence-electron chi connectivity index (χ4n) is 3.33. The molecule has 0 radical (unpaired) electrons. The van der Waals surface area contributed by atoms with Crippen molar-refractivity contribution in [1.82, 2.24) is 10.2 Å². The van der Waals surface area contributed by atoms with Gasteiger partial charge in [-0.25, -0.2) is 8.42 Å². The summed E-state index contributed by atoms with van der Waals surface area (Å²) >= 11 is 5.99. The van der Waals surface area contributed by atoms with E-state index < -0.39 is 28.5 Å². The minimum atomic E-state index is -3.76. The maximum absolute atomic E-state index is 13.5. The molecule has 9 heteroatoms. The lowest BCUT2D eigenvalue weighted by Crippen LogP contribution is -2.52. The van der Waals surface area contributed by atoms with Gasteiger partial charge in [0.15, 0.2) is 0 Å². The van der Waals surface area contributed by atoms with E-state index in [0.717, 1.165) is 33.7 Å². The molecule has 34 heavy (non-hydrogen) atoms. The number of aryl methyl sites for hydroxylation is 2. The molecule has 0 aliphatic rings. The fraction of sp³-hybridized carbons (Fsp3) is 0.440. The van der Waals surface area contributed by atoms with E-state index in [2.05, 4.69) is 5.32 Å². The number of amides is 2. The van der Waals surface area contributed by atoms with Gasteiger partial charge in [-0.3, -0.25) is 13.9 Å². The van der Waals surface area contributed by atoms with E-state index in [1.54, 1.807) is 43.3 Å². The van der Waals surface area contributed by atoms with Crippen LogP contribution in [0.2, 0.25) is 5.02 Å². The third-order valence-corrected chi connectivity index (χ3v) is 7.28. The van der Waals surface area contributed by atoms with Crippen molar-refractivity contribution in [1.29, 1.82) is 0 Å². The van der Waals surface area contributed by atoms with Crippen LogP contribution >= 0.6 is 11.6 Å². The molecule has 0 fully saturated rings. The Balaban J connectivity index is 2.39. The first-order valence-electron chi connectivity index (χ1n) is 11.2. The third kappa shape index (κ3) is 7.46. The Morgan fingerprint density at radius 3 is 2.18 bits per heavy atom. The molecule has 2 rings (SSSR count). The smallest absolute Gasteiger partial charge is 0.244 e. The molecule has 186 valence electrons. The van der Waals surface area contributed by atoms with E-state index >= 15 is 0 Å². The summed E-state index contributed by atoms with van der Waals surface area (Å²) in [5.74, 6) is -0.779. The second kappa shape index (κ2) is 11.7. The zero-order valence-electron chi connectivity index (χ0n) is 20.6. The van der Waals surface area contributed by atoms with Gasteiger partial charge in [0.25, 0.3) is 0 Å². The van der Waals surface area contributed by atoms with Gasteiger partial charge in [0.1, 0.15) is 12.6 Å². The van der Waals surface area contributed by atoms with E-state index in [-0.39, 0.29) is 18.5 Å². The Labute approximate surface area is 208 Å². The number of hydrogen-bond acceptors (Lipinski definition) is 4. The third-order valence-electron chi connectivity index (χ3n) is 5.89. The fourth-order valence-corrected chi connectivity index (χ4v) is 4.30. The number of nitrogens with zero attached hydrogens (tertiary/aromatic N) is 2. The van der Waals surface area contributed by atoms with Gasteiger partial charge in [0.2, 0.25) is 21.8 Å². The highest BCUT2D eigenvalue weighted by Crippen LogP contribution is 2.22. The number of benzene rings is 2. The van der Waals surface area contributed by atoms with Crippen LogP contribution in [-0.2, 0) is 26.2 Å². The van der Waals surface area contributed by atoms with Crippen LogP contribution in [0.15, 0.2) is 42.5 Å². The van der Waals surface area contributed by atoms with Gasteiger partial charge in [-0.05, 0) is 75.1 Å². The van der Waals surface area contributed by atoms with Crippen molar-refractivity contribution in [3.63, 3.8) is 0 Å². The van der Waals surface area contributed by atoms with E-state index in [1.165, 1.54) is 4.90 Å². The van der Waals surface area contributed by atoms with Crippen molar-refractivity contribution in [2.45, 2.75) is 59.7 Å². The van der Waals surface area contributed by atoms with Crippen molar-refractivity contribution in [2.75, 3.05) is 17.1 Å². The number of carbonyl (C=O) groups is 2. The number of carbonyl (C=O) groups excluding carboxylic acids is 2. The highest BCUT2D eigenvalue weighted by molar-refractivity contribution is 7.92. The van der Waals surface area contributed by atoms with Crippen LogP contribution in [0.5, 0.6) is 0 Å². The van der Waals surface area contributed by atoms with Crippen LogP contribution in [0.3, 0.4) is 0 Å². The highest BCUT2D eigenvalue weighted by Gasteiger charge is 2.30.